The molecule has 1 rings (SSSR count). The minimum atomic E-state index is 0.0490. The van der Waals surface area contributed by atoms with Gasteiger partial charge in [0.25, 0.3) is 0 Å². The minimum Gasteiger partial charge on any atom is -0.485 e. The van der Waals surface area contributed by atoms with E-state index < -0.39 is 0 Å². The van der Waals surface area contributed by atoms with Crippen molar-refractivity contribution < 1.29 is 9.53 Å². The van der Waals surface area contributed by atoms with Crippen LogP contribution in [0.5, 0.6) is 5.75 Å². The van der Waals surface area contributed by atoms with Crippen LogP contribution in [0.3, 0.4) is 0 Å². The number of hydrogen-bond acceptors (Lipinski definition) is 2. The fraction of sp³-hybridized carbons (Fsp3) is 0.533. The zero-order valence-corrected chi connectivity index (χ0v) is 12.1. The molecule has 0 saturated carbocycles. The van der Waals surface area contributed by atoms with Crippen molar-refractivity contribution in [2.45, 2.75) is 48.5 Å². The molecule has 0 unspecified atom stereocenters. The number of hydrogen-bond donors (Lipinski definition) is 0. The molecule has 96 valence electrons. The van der Waals surface area contributed by atoms with Crippen LogP contribution in [0.25, 0.3) is 0 Å². The Hall–Kier alpha value is -1.31. The quantitative estimate of drug-likeness (QED) is 0.795. The number of ketones is 1. The summed E-state index contributed by atoms with van der Waals surface area (Å²) < 4.78 is 5.54. The highest BCUT2D eigenvalue weighted by molar-refractivity contribution is 5.77. The first-order valence-electron chi connectivity index (χ1n) is 6.13. The maximum atomic E-state index is 10.9. The van der Waals surface area contributed by atoms with Crippen LogP contribution >= 0.6 is 0 Å². The van der Waals surface area contributed by atoms with E-state index >= 15 is 0 Å². The first kappa shape index (κ1) is 15.7. The van der Waals surface area contributed by atoms with Gasteiger partial charge in [-0.25, -0.2) is 0 Å². The van der Waals surface area contributed by atoms with Crippen LogP contribution < -0.4 is 4.74 Å². The van der Waals surface area contributed by atoms with E-state index in [1.807, 2.05) is 27.7 Å². The van der Waals surface area contributed by atoms with Crippen LogP contribution in [-0.2, 0) is 4.79 Å². The summed E-state index contributed by atoms with van der Waals surface area (Å²) in [5.41, 5.74) is 4.66. The van der Waals surface area contributed by atoms with Gasteiger partial charge in [-0.2, -0.15) is 0 Å². The van der Waals surface area contributed by atoms with Gasteiger partial charge in [0.2, 0.25) is 0 Å². The molecule has 0 aliphatic rings. The Labute approximate surface area is 105 Å². The van der Waals surface area contributed by atoms with Crippen molar-refractivity contribution in [2.75, 3.05) is 6.61 Å². The van der Waals surface area contributed by atoms with E-state index in [1.165, 1.54) is 18.1 Å². The summed E-state index contributed by atoms with van der Waals surface area (Å²) in [6.07, 6.45) is 0. The Kier molecular flexibility index (Phi) is 6.55. The smallest absolute Gasteiger partial charge is 0.167 e. The fourth-order valence-electron chi connectivity index (χ4n) is 1.57. The first-order valence-corrected chi connectivity index (χ1v) is 6.13. The van der Waals surface area contributed by atoms with Crippen molar-refractivity contribution in [1.29, 1.82) is 0 Å². The maximum Gasteiger partial charge on any atom is 0.167 e. The van der Waals surface area contributed by atoms with E-state index in [0.29, 0.717) is 0 Å². The van der Waals surface area contributed by atoms with Crippen LogP contribution in [-0.4, -0.2) is 12.4 Å². The summed E-state index contributed by atoms with van der Waals surface area (Å²) in [5, 5.41) is 0. The van der Waals surface area contributed by atoms with E-state index in [9.17, 15) is 4.79 Å². The molecule has 0 aromatic heterocycles. The number of Topliss-reactive ketones (excluding diaryl/α,β-unsaturated/α-hetero) is 1. The second-order valence-electron chi connectivity index (χ2n) is 4.08. The predicted molar refractivity (Wildman–Crippen MR) is 72.9 cm³/mol. The van der Waals surface area contributed by atoms with Gasteiger partial charge < -0.3 is 4.74 Å². The van der Waals surface area contributed by atoms with Crippen molar-refractivity contribution in [3.8, 4) is 5.75 Å². The van der Waals surface area contributed by atoms with Gasteiger partial charge in [-0.1, -0.05) is 19.9 Å². The van der Waals surface area contributed by atoms with Crippen molar-refractivity contribution in [1.82, 2.24) is 0 Å². The highest BCUT2D eigenvalue weighted by atomic mass is 16.5. The standard InChI is InChI=1S/C13H18O2.C2H6/c1-8-6-9(2)12(5)13(11(8)4)15-7-10(3)14;1-2/h6H,7H2,1-5H3;1-2H3. The Morgan fingerprint density at radius 1 is 1.06 bits per heavy atom. The number of rotatable bonds is 3. The molecular weight excluding hydrogens is 212 g/mol. The van der Waals surface area contributed by atoms with Gasteiger partial charge >= 0.3 is 0 Å². The van der Waals surface area contributed by atoms with Crippen molar-refractivity contribution in [2.24, 2.45) is 0 Å². The average molecular weight is 236 g/mol. The van der Waals surface area contributed by atoms with Crippen LogP contribution in [0.2, 0.25) is 0 Å². The largest absolute Gasteiger partial charge is 0.485 e. The second kappa shape index (κ2) is 7.10. The summed E-state index contributed by atoms with van der Waals surface area (Å²) in [6, 6.07) is 2.14. The van der Waals surface area contributed by atoms with Crippen molar-refractivity contribution in [3.05, 3.63) is 28.3 Å². The molecule has 0 heterocycles. The number of carbonyl (C=O) groups excluding carboxylic acids is 1. The van der Waals surface area contributed by atoms with Gasteiger partial charge in [0.05, 0.1) is 0 Å². The van der Waals surface area contributed by atoms with Crippen LogP contribution in [0, 0.1) is 27.7 Å². The summed E-state index contributed by atoms with van der Waals surface area (Å²) >= 11 is 0. The molecule has 0 fully saturated rings. The molecule has 1 aromatic carbocycles. The van der Waals surface area contributed by atoms with Gasteiger partial charge in [0.1, 0.15) is 12.4 Å². The normalized spacial score (nSPS) is 9.35. The molecule has 0 bridgehead atoms. The predicted octanol–water partition coefficient (Wildman–Crippen LogP) is 3.91. The average Bonchev–Trinajstić information content (AvgIpc) is 2.29. The Morgan fingerprint density at radius 2 is 1.47 bits per heavy atom. The fourth-order valence-corrected chi connectivity index (χ4v) is 1.57. The van der Waals surface area contributed by atoms with Gasteiger partial charge in [0.15, 0.2) is 5.78 Å². The summed E-state index contributed by atoms with van der Waals surface area (Å²) in [7, 11) is 0. The summed E-state index contributed by atoms with van der Waals surface area (Å²) in [4.78, 5) is 10.9. The topological polar surface area (TPSA) is 26.3 Å². The van der Waals surface area contributed by atoms with E-state index in [4.69, 9.17) is 4.74 Å². The number of ether oxygens (including phenoxy) is 1. The summed E-state index contributed by atoms with van der Waals surface area (Å²) in [6.45, 7) is 13.9. The number of carbonyl (C=O) groups is 1. The zero-order valence-electron chi connectivity index (χ0n) is 12.1. The van der Waals surface area contributed by atoms with Crippen molar-refractivity contribution in [3.63, 3.8) is 0 Å². The van der Waals surface area contributed by atoms with Crippen molar-refractivity contribution >= 4 is 5.78 Å². The van der Waals surface area contributed by atoms with Crippen LogP contribution in [0.1, 0.15) is 43.0 Å². The third-order valence-corrected chi connectivity index (χ3v) is 2.72. The lowest BCUT2D eigenvalue weighted by Crippen LogP contribution is -2.09. The Morgan fingerprint density at radius 3 is 1.82 bits per heavy atom. The maximum absolute atomic E-state index is 10.9. The van der Waals surface area contributed by atoms with Gasteiger partial charge in [-0.15, -0.1) is 0 Å². The number of benzene rings is 1. The number of aryl methyl sites for hydroxylation is 2. The highest BCUT2D eigenvalue weighted by Crippen LogP contribution is 2.28. The van der Waals surface area contributed by atoms with E-state index in [-0.39, 0.29) is 12.4 Å². The zero-order chi connectivity index (χ0) is 13.6. The minimum absolute atomic E-state index is 0.0490. The lowest BCUT2D eigenvalue weighted by Gasteiger charge is -2.15. The molecule has 0 N–H and O–H groups in total. The third-order valence-electron chi connectivity index (χ3n) is 2.72. The molecule has 2 nitrogen and oxygen atoms in total. The second-order valence-corrected chi connectivity index (χ2v) is 4.08. The van der Waals surface area contributed by atoms with Crippen LogP contribution in [0.4, 0.5) is 0 Å². The van der Waals surface area contributed by atoms with E-state index in [1.54, 1.807) is 0 Å². The lowest BCUT2D eigenvalue weighted by molar-refractivity contribution is -0.118. The monoisotopic (exact) mass is 236 g/mol. The van der Waals surface area contributed by atoms with E-state index in [0.717, 1.165) is 16.9 Å². The molecule has 17 heavy (non-hydrogen) atoms. The SMILES string of the molecule is CC.CC(=O)COc1c(C)c(C)cc(C)c1C. The first-order chi connectivity index (χ1) is 7.93. The highest BCUT2D eigenvalue weighted by Gasteiger charge is 2.09. The summed E-state index contributed by atoms with van der Waals surface area (Å²) in [5.74, 6) is 0.913. The van der Waals surface area contributed by atoms with E-state index in [2.05, 4.69) is 19.9 Å². The Balaban J connectivity index is 0.00000121. The lowest BCUT2D eigenvalue weighted by atomic mass is 10.0. The molecule has 1 aromatic rings. The Bertz CT molecular complexity index is 366. The molecule has 0 aliphatic heterocycles. The van der Waals surface area contributed by atoms with Crippen LogP contribution in [0.15, 0.2) is 6.07 Å². The van der Waals surface area contributed by atoms with Gasteiger partial charge in [-0.3, -0.25) is 4.79 Å². The molecule has 0 saturated heterocycles. The van der Waals surface area contributed by atoms with Gasteiger partial charge in [-0.05, 0) is 56.9 Å². The van der Waals surface area contributed by atoms with Gasteiger partial charge in [0, 0.05) is 0 Å². The third kappa shape index (κ3) is 4.22. The molecule has 0 aliphatic carbocycles. The molecule has 0 amide bonds. The molecule has 0 spiro atoms. The molecule has 0 atom stereocenters. The molecular formula is C15H24O2. The molecule has 2 heteroatoms. The molecule has 0 radical (unpaired) electrons.